The third-order valence-corrected chi connectivity index (χ3v) is 4.49. The molecule has 0 aliphatic carbocycles. The second-order valence-corrected chi connectivity index (χ2v) is 5.80. The number of hydrogen-bond acceptors (Lipinski definition) is 8. The predicted octanol–water partition coefficient (Wildman–Crippen LogP) is 0.507. The van der Waals surface area contributed by atoms with Gasteiger partial charge in [0.2, 0.25) is 0 Å². The lowest BCUT2D eigenvalue weighted by Crippen LogP contribution is -2.47. The summed E-state index contributed by atoms with van der Waals surface area (Å²) in [6, 6.07) is 0. The van der Waals surface area contributed by atoms with Gasteiger partial charge in [0.1, 0.15) is 12.1 Å². The Morgan fingerprint density at radius 2 is 1.83 bits per heavy atom. The maximum Gasteiger partial charge on any atom is 0.199 e. The van der Waals surface area contributed by atoms with E-state index in [4.69, 9.17) is 0 Å². The molecule has 124 valence electrons. The number of aryl methyl sites for hydroxylation is 1. The molecule has 9 heteroatoms. The SMILES string of the molecule is CCc1c(C)ncnc1N1CCN(c2cncc3nnnn23)CC1. The average molecular weight is 325 g/mol. The third-order valence-electron chi connectivity index (χ3n) is 4.49. The summed E-state index contributed by atoms with van der Waals surface area (Å²) in [6.45, 7) is 7.71. The molecular formula is C15H19N9. The van der Waals surface area contributed by atoms with Crippen LogP contribution in [0.2, 0.25) is 0 Å². The standard InChI is InChI=1S/C15H19N9/c1-3-12-11(2)17-10-18-15(12)23-6-4-22(5-7-23)14-9-16-8-13-19-20-21-24(13)14/h8-10H,3-7H2,1-2H3. The van der Waals surface area contributed by atoms with Crippen LogP contribution in [0.4, 0.5) is 11.6 Å². The maximum absolute atomic E-state index is 4.52. The van der Waals surface area contributed by atoms with Crippen molar-refractivity contribution in [1.29, 1.82) is 0 Å². The number of fused-ring (bicyclic) bond motifs is 1. The van der Waals surface area contributed by atoms with Gasteiger partial charge in [-0.3, -0.25) is 4.98 Å². The highest BCUT2D eigenvalue weighted by molar-refractivity contribution is 5.52. The fourth-order valence-electron chi connectivity index (χ4n) is 3.20. The van der Waals surface area contributed by atoms with E-state index in [1.165, 1.54) is 5.56 Å². The number of anilines is 2. The molecule has 0 radical (unpaired) electrons. The smallest absolute Gasteiger partial charge is 0.199 e. The molecule has 0 aromatic carbocycles. The predicted molar refractivity (Wildman–Crippen MR) is 89.2 cm³/mol. The van der Waals surface area contributed by atoms with E-state index in [0.717, 1.165) is 49.9 Å². The normalized spacial score (nSPS) is 15.2. The van der Waals surface area contributed by atoms with Gasteiger partial charge < -0.3 is 9.80 Å². The molecule has 9 nitrogen and oxygen atoms in total. The Bertz CT molecular complexity index is 851. The minimum absolute atomic E-state index is 0.662. The summed E-state index contributed by atoms with van der Waals surface area (Å²) in [4.78, 5) is 17.7. The molecule has 1 aliphatic rings. The van der Waals surface area contributed by atoms with Crippen LogP contribution in [0, 0.1) is 6.92 Å². The van der Waals surface area contributed by atoms with Crippen LogP contribution in [0.15, 0.2) is 18.7 Å². The zero-order valence-corrected chi connectivity index (χ0v) is 13.8. The zero-order valence-electron chi connectivity index (χ0n) is 13.8. The first-order chi connectivity index (χ1) is 11.8. The Hall–Kier alpha value is -2.84. The molecule has 0 saturated carbocycles. The van der Waals surface area contributed by atoms with E-state index in [9.17, 15) is 0 Å². The molecule has 1 fully saturated rings. The van der Waals surface area contributed by atoms with Crippen molar-refractivity contribution in [3.8, 4) is 0 Å². The Morgan fingerprint density at radius 3 is 2.62 bits per heavy atom. The highest BCUT2D eigenvalue weighted by atomic mass is 15.5. The van der Waals surface area contributed by atoms with Gasteiger partial charge in [0.05, 0.1) is 12.4 Å². The van der Waals surface area contributed by atoms with Crippen molar-refractivity contribution in [3.05, 3.63) is 30.0 Å². The van der Waals surface area contributed by atoms with Gasteiger partial charge >= 0.3 is 0 Å². The molecule has 0 amide bonds. The van der Waals surface area contributed by atoms with Crippen molar-refractivity contribution in [1.82, 2.24) is 35.0 Å². The maximum atomic E-state index is 4.52. The lowest BCUT2D eigenvalue weighted by Gasteiger charge is -2.37. The summed E-state index contributed by atoms with van der Waals surface area (Å²) in [5.41, 5.74) is 2.96. The fourth-order valence-corrected chi connectivity index (χ4v) is 3.20. The van der Waals surface area contributed by atoms with Crippen molar-refractivity contribution >= 4 is 17.3 Å². The summed E-state index contributed by atoms with van der Waals surface area (Å²) < 4.78 is 1.73. The Balaban J connectivity index is 1.55. The molecule has 1 aliphatic heterocycles. The summed E-state index contributed by atoms with van der Waals surface area (Å²) in [7, 11) is 0. The van der Waals surface area contributed by atoms with Crippen LogP contribution < -0.4 is 9.80 Å². The van der Waals surface area contributed by atoms with Crippen molar-refractivity contribution in [2.75, 3.05) is 36.0 Å². The first-order valence-corrected chi connectivity index (χ1v) is 8.10. The Labute approximate surface area is 139 Å². The minimum Gasteiger partial charge on any atom is -0.353 e. The molecule has 0 atom stereocenters. The van der Waals surface area contributed by atoms with Crippen LogP contribution in [0.5, 0.6) is 0 Å². The molecule has 4 heterocycles. The third kappa shape index (κ3) is 2.41. The molecule has 1 saturated heterocycles. The number of piperazine rings is 1. The molecule has 3 aromatic heterocycles. The molecule has 0 unspecified atom stereocenters. The Kier molecular flexibility index (Phi) is 3.68. The number of rotatable bonds is 3. The quantitative estimate of drug-likeness (QED) is 0.688. The van der Waals surface area contributed by atoms with E-state index in [2.05, 4.69) is 47.2 Å². The number of hydrogen-bond donors (Lipinski definition) is 0. The van der Waals surface area contributed by atoms with E-state index in [1.54, 1.807) is 17.0 Å². The van der Waals surface area contributed by atoms with Gasteiger partial charge in [-0.1, -0.05) is 6.92 Å². The number of tetrazole rings is 1. The summed E-state index contributed by atoms with van der Waals surface area (Å²) in [5.74, 6) is 1.98. The lowest BCUT2D eigenvalue weighted by atomic mass is 10.1. The van der Waals surface area contributed by atoms with E-state index < -0.39 is 0 Å². The molecule has 3 aromatic rings. The van der Waals surface area contributed by atoms with Gasteiger partial charge in [-0.05, 0) is 23.8 Å². The summed E-state index contributed by atoms with van der Waals surface area (Å²) >= 11 is 0. The Morgan fingerprint density at radius 1 is 1.04 bits per heavy atom. The molecule has 0 spiro atoms. The molecule has 4 rings (SSSR count). The fraction of sp³-hybridized carbons (Fsp3) is 0.467. The van der Waals surface area contributed by atoms with Crippen molar-refractivity contribution in [2.24, 2.45) is 0 Å². The lowest BCUT2D eigenvalue weighted by molar-refractivity contribution is 0.627. The summed E-state index contributed by atoms with van der Waals surface area (Å²) in [5, 5.41) is 11.7. The highest BCUT2D eigenvalue weighted by Crippen LogP contribution is 2.23. The second kappa shape index (κ2) is 5.99. The number of nitrogens with zero attached hydrogens (tertiary/aromatic N) is 9. The zero-order chi connectivity index (χ0) is 16.5. The molecule has 0 N–H and O–H groups in total. The van der Waals surface area contributed by atoms with Crippen molar-refractivity contribution in [2.45, 2.75) is 20.3 Å². The topological polar surface area (TPSA) is 88.2 Å². The summed E-state index contributed by atoms with van der Waals surface area (Å²) in [6.07, 6.45) is 6.07. The average Bonchev–Trinajstić information content (AvgIpc) is 3.10. The van der Waals surface area contributed by atoms with Gasteiger partial charge in [-0.25, -0.2) is 9.97 Å². The molecular weight excluding hydrogens is 306 g/mol. The van der Waals surface area contributed by atoms with Gasteiger partial charge in [0.25, 0.3) is 0 Å². The second-order valence-electron chi connectivity index (χ2n) is 5.80. The minimum atomic E-state index is 0.662. The van der Waals surface area contributed by atoms with Crippen LogP contribution in [0.3, 0.4) is 0 Å². The first-order valence-electron chi connectivity index (χ1n) is 8.10. The monoisotopic (exact) mass is 325 g/mol. The molecule has 24 heavy (non-hydrogen) atoms. The van der Waals surface area contributed by atoms with Crippen LogP contribution in [0.25, 0.3) is 5.65 Å². The van der Waals surface area contributed by atoms with E-state index in [-0.39, 0.29) is 0 Å². The van der Waals surface area contributed by atoms with Crippen molar-refractivity contribution < 1.29 is 0 Å². The van der Waals surface area contributed by atoms with E-state index >= 15 is 0 Å². The van der Waals surface area contributed by atoms with Crippen molar-refractivity contribution in [3.63, 3.8) is 0 Å². The van der Waals surface area contributed by atoms with Crippen LogP contribution in [-0.2, 0) is 6.42 Å². The van der Waals surface area contributed by atoms with E-state index in [0.29, 0.717) is 5.65 Å². The molecule has 0 bridgehead atoms. The first kappa shape index (κ1) is 14.7. The van der Waals surface area contributed by atoms with Crippen LogP contribution in [0.1, 0.15) is 18.2 Å². The van der Waals surface area contributed by atoms with Gasteiger partial charge in [0, 0.05) is 37.4 Å². The van der Waals surface area contributed by atoms with Gasteiger partial charge in [-0.15, -0.1) is 5.10 Å². The van der Waals surface area contributed by atoms with E-state index in [1.807, 2.05) is 13.1 Å². The van der Waals surface area contributed by atoms with Crippen LogP contribution in [-0.4, -0.2) is 61.2 Å². The highest BCUT2D eigenvalue weighted by Gasteiger charge is 2.22. The van der Waals surface area contributed by atoms with Gasteiger partial charge in [-0.2, -0.15) is 4.52 Å². The van der Waals surface area contributed by atoms with Gasteiger partial charge in [0.15, 0.2) is 11.5 Å². The number of aromatic nitrogens is 7. The van der Waals surface area contributed by atoms with Crippen LogP contribution >= 0.6 is 0 Å². The largest absolute Gasteiger partial charge is 0.353 e.